The van der Waals surface area contributed by atoms with Gasteiger partial charge in [-0.3, -0.25) is 4.79 Å². The Morgan fingerprint density at radius 3 is 2.50 bits per heavy atom. The summed E-state index contributed by atoms with van der Waals surface area (Å²) in [6.45, 7) is 1.89. The zero-order valence-corrected chi connectivity index (χ0v) is 8.62. The molecular weight excluding hydrogens is 200 g/mol. The van der Waals surface area contributed by atoms with Gasteiger partial charge in [0.15, 0.2) is 0 Å². The van der Waals surface area contributed by atoms with Gasteiger partial charge in [0.1, 0.15) is 6.10 Å². The van der Waals surface area contributed by atoms with Crippen LogP contribution in [-0.2, 0) is 9.53 Å². The molecule has 1 aromatic carbocycles. The normalized spacial score (nSPS) is 26.3. The van der Waals surface area contributed by atoms with Crippen molar-refractivity contribution in [3.05, 3.63) is 34.9 Å². The molecule has 1 saturated heterocycles. The van der Waals surface area contributed by atoms with Crippen LogP contribution in [0.2, 0.25) is 5.02 Å². The SMILES string of the molecule is C[C@@H]1C[C@@H](c2ccc(Cl)cc2)OC1=O. The van der Waals surface area contributed by atoms with Crippen molar-refractivity contribution in [3.63, 3.8) is 0 Å². The molecule has 14 heavy (non-hydrogen) atoms. The van der Waals surface area contributed by atoms with E-state index in [2.05, 4.69) is 0 Å². The number of esters is 1. The summed E-state index contributed by atoms with van der Waals surface area (Å²) in [5.41, 5.74) is 1.02. The quantitative estimate of drug-likeness (QED) is 0.667. The molecule has 0 radical (unpaired) electrons. The summed E-state index contributed by atoms with van der Waals surface area (Å²) in [7, 11) is 0. The van der Waals surface area contributed by atoms with Crippen molar-refractivity contribution in [2.75, 3.05) is 0 Å². The van der Waals surface area contributed by atoms with Crippen LogP contribution in [0.5, 0.6) is 0 Å². The summed E-state index contributed by atoms with van der Waals surface area (Å²) < 4.78 is 5.22. The Bertz CT molecular complexity index is 345. The fourth-order valence-corrected chi connectivity index (χ4v) is 1.73. The van der Waals surface area contributed by atoms with E-state index in [0.29, 0.717) is 5.02 Å². The maximum Gasteiger partial charge on any atom is 0.309 e. The summed E-state index contributed by atoms with van der Waals surface area (Å²) in [5.74, 6) is -0.0966. The smallest absolute Gasteiger partial charge is 0.309 e. The van der Waals surface area contributed by atoms with Crippen LogP contribution in [0.4, 0.5) is 0 Å². The van der Waals surface area contributed by atoms with E-state index in [9.17, 15) is 4.79 Å². The zero-order chi connectivity index (χ0) is 10.1. The molecule has 1 aromatic rings. The molecule has 0 aromatic heterocycles. The molecule has 0 spiro atoms. The van der Waals surface area contributed by atoms with E-state index in [1.54, 1.807) is 0 Å². The molecule has 1 heterocycles. The maximum atomic E-state index is 11.2. The van der Waals surface area contributed by atoms with Crippen LogP contribution in [0.1, 0.15) is 25.0 Å². The van der Waals surface area contributed by atoms with E-state index < -0.39 is 0 Å². The highest BCUT2D eigenvalue weighted by atomic mass is 35.5. The van der Waals surface area contributed by atoms with E-state index in [1.807, 2.05) is 31.2 Å². The Labute approximate surface area is 87.8 Å². The van der Waals surface area contributed by atoms with Crippen molar-refractivity contribution >= 4 is 17.6 Å². The van der Waals surface area contributed by atoms with E-state index in [-0.39, 0.29) is 18.0 Å². The van der Waals surface area contributed by atoms with Crippen LogP contribution < -0.4 is 0 Å². The van der Waals surface area contributed by atoms with Crippen molar-refractivity contribution in [3.8, 4) is 0 Å². The highest BCUT2D eigenvalue weighted by Crippen LogP contribution is 2.33. The first-order valence-electron chi connectivity index (χ1n) is 4.63. The first-order valence-corrected chi connectivity index (χ1v) is 5.00. The van der Waals surface area contributed by atoms with Crippen LogP contribution in [-0.4, -0.2) is 5.97 Å². The van der Waals surface area contributed by atoms with Gasteiger partial charge in [-0.25, -0.2) is 0 Å². The lowest BCUT2D eigenvalue weighted by molar-refractivity contribution is -0.144. The van der Waals surface area contributed by atoms with Crippen molar-refractivity contribution in [2.24, 2.45) is 5.92 Å². The molecule has 0 unspecified atom stereocenters. The number of benzene rings is 1. The number of ether oxygens (including phenoxy) is 1. The van der Waals surface area contributed by atoms with Crippen molar-refractivity contribution in [2.45, 2.75) is 19.4 Å². The lowest BCUT2D eigenvalue weighted by atomic mass is 10.0. The fourth-order valence-electron chi connectivity index (χ4n) is 1.60. The molecule has 0 saturated carbocycles. The molecule has 0 aliphatic carbocycles. The first-order chi connectivity index (χ1) is 6.66. The average Bonchev–Trinajstić information content (AvgIpc) is 2.48. The Kier molecular flexibility index (Phi) is 2.46. The van der Waals surface area contributed by atoms with E-state index in [0.717, 1.165) is 12.0 Å². The fraction of sp³-hybridized carbons (Fsp3) is 0.364. The average molecular weight is 211 g/mol. The lowest BCUT2D eigenvalue weighted by Gasteiger charge is -2.08. The Balaban J connectivity index is 2.17. The van der Waals surface area contributed by atoms with Gasteiger partial charge in [-0.2, -0.15) is 0 Å². The molecule has 0 bridgehead atoms. The second kappa shape index (κ2) is 3.62. The minimum absolute atomic E-state index is 0.00989. The highest BCUT2D eigenvalue weighted by Gasteiger charge is 2.31. The third-order valence-electron chi connectivity index (χ3n) is 2.47. The van der Waals surface area contributed by atoms with Crippen LogP contribution in [0.15, 0.2) is 24.3 Å². The van der Waals surface area contributed by atoms with Gasteiger partial charge in [0.25, 0.3) is 0 Å². The van der Waals surface area contributed by atoms with E-state index >= 15 is 0 Å². The monoisotopic (exact) mass is 210 g/mol. The van der Waals surface area contributed by atoms with Gasteiger partial charge in [0, 0.05) is 11.4 Å². The lowest BCUT2D eigenvalue weighted by Crippen LogP contribution is -2.01. The molecule has 0 amide bonds. The third kappa shape index (κ3) is 1.75. The van der Waals surface area contributed by atoms with E-state index in [1.165, 1.54) is 0 Å². The second-order valence-corrected chi connectivity index (χ2v) is 4.05. The number of hydrogen-bond acceptors (Lipinski definition) is 2. The standard InChI is InChI=1S/C11H11ClO2/c1-7-6-10(14-11(7)13)8-2-4-9(12)5-3-8/h2-5,7,10H,6H2,1H3/t7-,10+/m1/s1. The van der Waals surface area contributed by atoms with Gasteiger partial charge in [-0.1, -0.05) is 30.7 Å². The summed E-state index contributed by atoms with van der Waals surface area (Å²) in [4.78, 5) is 11.2. The Morgan fingerprint density at radius 2 is 2.00 bits per heavy atom. The molecule has 3 heteroatoms. The molecule has 2 rings (SSSR count). The zero-order valence-electron chi connectivity index (χ0n) is 7.87. The van der Waals surface area contributed by atoms with Crippen molar-refractivity contribution in [1.82, 2.24) is 0 Å². The molecular formula is C11H11ClO2. The molecule has 1 aliphatic rings. The van der Waals surface area contributed by atoms with Gasteiger partial charge < -0.3 is 4.74 Å². The Morgan fingerprint density at radius 1 is 1.36 bits per heavy atom. The highest BCUT2D eigenvalue weighted by molar-refractivity contribution is 6.30. The topological polar surface area (TPSA) is 26.3 Å². The molecule has 1 fully saturated rings. The number of halogens is 1. The molecule has 2 atom stereocenters. The van der Waals surface area contributed by atoms with Crippen molar-refractivity contribution < 1.29 is 9.53 Å². The van der Waals surface area contributed by atoms with E-state index in [4.69, 9.17) is 16.3 Å². The molecule has 0 N–H and O–H groups in total. The molecule has 74 valence electrons. The summed E-state index contributed by atoms with van der Waals surface area (Å²) in [6.07, 6.45) is 0.676. The van der Waals surface area contributed by atoms with Gasteiger partial charge in [-0.15, -0.1) is 0 Å². The number of rotatable bonds is 1. The van der Waals surface area contributed by atoms with Gasteiger partial charge in [0.2, 0.25) is 0 Å². The summed E-state index contributed by atoms with van der Waals surface area (Å²) >= 11 is 5.77. The predicted octanol–water partition coefficient (Wildman–Crippen LogP) is 2.96. The largest absolute Gasteiger partial charge is 0.457 e. The van der Waals surface area contributed by atoms with Gasteiger partial charge in [0.05, 0.1) is 5.92 Å². The van der Waals surface area contributed by atoms with Crippen LogP contribution >= 0.6 is 11.6 Å². The number of carbonyl (C=O) groups excluding carboxylic acids is 1. The summed E-state index contributed by atoms with van der Waals surface area (Å²) in [5, 5.41) is 0.700. The molecule has 1 aliphatic heterocycles. The van der Waals surface area contributed by atoms with Gasteiger partial charge >= 0.3 is 5.97 Å². The number of hydrogen-bond donors (Lipinski definition) is 0. The van der Waals surface area contributed by atoms with Crippen LogP contribution in [0, 0.1) is 5.92 Å². The molecule has 2 nitrogen and oxygen atoms in total. The first kappa shape index (κ1) is 9.53. The number of carbonyl (C=O) groups is 1. The number of cyclic esters (lactones) is 1. The predicted molar refractivity (Wildman–Crippen MR) is 54.1 cm³/mol. The second-order valence-electron chi connectivity index (χ2n) is 3.61. The van der Waals surface area contributed by atoms with Crippen LogP contribution in [0.3, 0.4) is 0 Å². The van der Waals surface area contributed by atoms with Crippen molar-refractivity contribution in [1.29, 1.82) is 0 Å². The Hall–Kier alpha value is -1.02. The minimum atomic E-state index is -0.107. The minimum Gasteiger partial charge on any atom is -0.457 e. The van der Waals surface area contributed by atoms with Gasteiger partial charge in [-0.05, 0) is 17.7 Å². The summed E-state index contributed by atoms with van der Waals surface area (Å²) in [6, 6.07) is 7.43. The maximum absolute atomic E-state index is 11.2. The third-order valence-corrected chi connectivity index (χ3v) is 2.72. The van der Waals surface area contributed by atoms with Crippen LogP contribution in [0.25, 0.3) is 0 Å².